The van der Waals surface area contributed by atoms with E-state index in [0.29, 0.717) is 24.5 Å². The van der Waals surface area contributed by atoms with E-state index in [1.807, 2.05) is 4.90 Å². The first kappa shape index (κ1) is 15.4. The number of hydrogen-bond donors (Lipinski definition) is 1. The number of nitriles is 1. The Morgan fingerprint density at radius 3 is 2.75 bits per heavy atom. The second kappa shape index (κ2) is 6.68. The summed E-state index contributed by atoms with van der Waals surface area (Å²) in [5.74, 6) is 0.0345. The lowest BCUT2D eigenvalue weighted by molar-refractivity contribution is 0.208. The van der Waals surface area contributed by atoms with Gasteiger partial charge < -0.3 is 5.32 Å². The number of sulfone groups is 1. The van der Waals surface area contributed by atoms with Crippen LogP contribution in [0.2, 0.25) is 0 Å². The molecule has 1 N–H and O–H groups in total. The molecule has 1 aromatic carbocycles. The minimum Gasteiger partial charge on any atom is -0.313 e. The Balaban J connectivity index is 2.02. The number of nitrogens with one attached hydrogen (secondary N) is 1. The summed E-state index contributed by atoms with van der Waals surface area (Å²) in [5, 5.41) is 12.2. The van der Waals surface area contributed by atoms with Crippen molar-refractivity contribution >= 4 is 25.8 Å². The number of hydrogen-bond acceptors (Lipinski definition) is 5. The van der Waals surface area contributed by atoms with E-state index >= 15 is 0 Å². The van der Waals surface area contributed by atoms with E-state index in [1.54, 1.807) is 24.3 Å². The summed E-state index contributed by atoms with van der Waals surface area (Å²) in [5.41, 5.74) is 0. The van der Waals surface area contributed by atoms with Gasteiger partial charge in [-0.15, -0.1) is 0 Å². The zero-order chi connectivity index (χ0) is 14.6. The first-order valence-corrected chi connectivity index (χ1v) is 8.80. The maximum atomic E-state index is 12.2. The Labute approximate surface area is 127 Å². The van der Waals surface area contributed by atoms with Gasteiger partial charge in [-0.1, -0.05) is 15.9 Å². The third kappa shape index (κ3) is 3.79. The molecule has 0 aromatic heterocycles. The zero-order valence-electron chi connectivity index (χ0n) is 10.9. The molecule has 1 aliphatic rings. The highest BCUT2D eigenvalue weighted by atomic mass is 79.9. The SMILES string of the molecule is N#CC1CNCCN1CCS(=O)(=O)c1ccc(Br)cc1. The molecule has 0 bridgehead atoms. The molecule has 7 heteroatoms. The molecule has 1 fully saturated rings. The van der Waals surface area contributed by atoms with Crippen LogP contribution in [-0.4, -0.2) is 51.3 Å². The molecular weight excluding hydrogens is 342 g/mol. The molecule has 1 saturated heterocycles. The minimum absolute atomic E-state index is 0.0345. The molecule has 0 radical (unpaired) electrons. The third-order valence-electron chi connectivity index (χ3n) is 3.32. The van der Waals surface area contributed by atoms with Crippen LogP contribution in [0.1, 0.15) is 0 Å². The fourth-order valence-electron chi connectivity index (χ4n) is 2.14. The molecule has 20 heavy (non-hydrogen) atoms. The van der Waals surface area contributed by atoms with Crippen LogP contribution in [0.15, 0.2) is 33.6 Å². The lowest BCUT2D eigenvalue weighted by Crippen LogP contribution is -2.51. The summed E-state index contributed by atoms with van der Waals surface area (Å²) < 4.78 is 25.3. The van der Waals surface area contributed by atoms with Crippen LogP contribution in [0.5, 0.6) is 0 Å². The molecule has 5 nitrogen and oxygen atoms in total. The normalized spacial score (nSPS) is 20.5. The van der Waals surface area contributed by atoms with Crippen LogP contribution in [0.25, 0.3) is 0 Å². The highest BCUT2D eigenvalue weighted by Crippen LogP contribution is 2.16. The topological polar surface area (TPSA) is 73.2 Å². The largest absolute Gasteiger partial charge is 0.313 e. The first-order valence-electron chi connectivity index (χ1n) is 6.35. The van der Waals surface area contributed by atoms with Crippen molar-refractivity contribution in [1.82, 2.24) is 10.2 Å². The van der Waals surface area contributed by atoms with Crippen LogP contribution in [-0.2, 0) is 9.84 Å². The van der Waals surface area contributed by atoms with Crippen molar-refractivity contribution in [3.8, 4) is 6.07 Å². The van der Waals surface area contributed by atoms with Gasteiger partial charge in [0.15, 0.2) is 9.84 Å². The smallest absolute Gasteiger partial charge is 0.179 e. The van der Waals surface area contributed by atoms with E-state index in [0.717, 1.165) is 11.0 Å². The Hall–Kier alpha value is -0.940. The summed E-state index contributed by atoms with van der Waals surface area (Å²) in [6, 6.07) is 8.58. The van der Waals surface area contributed by atoms with Gasteiger partial charge in [-0.25, -0.2) is 8.42 Å². The highest BCUT2D eigenvalue weighted by molar-refractivity contribution is 9.10. The van der Waals surface area contributed by atoms with E-state index in [1.165, 1.54) is 0 Å². The average Bonchev–Trinajstić information content (AvgIpc) is 2.46. The fourth-order valence-corrected chi connectivity index (χ4v) is 3.66. The molecule has 1 unspecified atom stereocenters. The number of piperazine rings is 1. The molecule has 0 spiro atoms. The molecule has 0 amide bonds. The standard InChI is InChI=1S/C13H16BrN3O2S/c14-11-1-3-13(4-2-11)20(18,19)8-7-17-6-5-16-10-12(17)9-15/h1-4,12,16H,5-8,10H2. The van der Waals surface area contributed by atoms with E-state index in [4.69, 9.17) is 5.26 Å². The van der Waals surface area contributed by atoms with E-state index in [9.17, 15) is 8.42 Å². The molecule has 1 heterocycles. The van der Waals surface area contributed by atoms with E-state index in [-0.39, 0.29) is 11.8 Å². The molecular formula is C13H16BrN3O2S. The number of rotatable bonds is 4. The van der Waals surface area contributed by atoms with Crippen LogP contribution in [0.3, 0.4) is 0 Å². The summed E-state index contributed by atoms with van der Waals surface area (Å²) in [4.78, 5) is 2.25. The van der Waals surface area contributed by atoms with Gasteiger partial charge in [-0.3, -0.25) is 4.90 Å². The predicted molar refractivity (Wildman–Crippen MR) is 80.0 cm³/mol. The van der Waals surface area contributed by atoms with Crippen molar-refractivity contribution in [1.29, 1.82) is 5.26 Å². The molecule has 1 aliphatic heterocycles. The maximum absolute atomic E-state index is 12.2. The number of nitrogens with zero attached hydrogens (tertiary/aromatic N) is 2. The molecule has 1 atom stereocenters. The fraction of sp³-hybridized carbons (Fsp3) is 0.462. The zero-order valence-corrected chi connectivity index (χ0v) is 13.3. The minimum atomic E-state index is -3.30. The molecule has 0 aliphatic carbocycles. The summed E-state index contributed by atoms with van der Waals surface area (Å²) >= 11 is 3.28. The van der Waals surface area contributed by atoms with Crippen LogP contribution >= 0.6 is 15.9 Å². The van der Waals surface area contributed by atoms with Gasteiger partial charge in [0.25, 0.3) is 0 Å². The van der Waals surface area contributed by atoms with Gasteiger partial charge in [0.2, 0.25) is 0 Å². The number of halogens is 1. The Morgan fingerprint density at radius 2 is 2.10 bits per heavy atom. The lowest BCUT2D eigenvalue weighted by atomic mass is 10.2. The third-order valence-corrected chi connectivity index (χ3v) is 5.56. The van der Waals surface area contributed by atoms with Crippen molar-refractivity contribution < 1.29 is 8.42 Å². The van der Waals surface area contributed by atoms with Gasteiger partial charge in [-0.2, -0.15) is 5.26 Å². The van der Waals surface area contributed by atoms with Crippen molar-refractivity contribution in [3.05, 3.63) is 28.7 Å². The Morgan fingerprint density at radius 1 is 1.40 bits per heavy atom. The van der Waals surface area contributed by atoms with Crippen LogP contribution in [0.4, 0.5) is 0 Å². The second-order valence-electron chi connectivity index (χ2n) is 4.66. The van der Waals surface area contributed by atoms with Gasteiger partial charge >= 0.3 is 0 Å². The van der Waals surface area contributed by atoms with E-state index in [2.05, 4.69) is 27.3 Å². The second-order valence-corrected chi connectivity index (χ2v) is 7.68. The van der Waals surface area contributed by atoms with Crippen LogP contribution in [0, 0.1) is 11.3 Å². The quantitative estimate of drug-likeness (QED) is 0.870. The molecule has 108 valence electrons. The monoisotopic (exact) mass is 357 g/mol. The predicted octanol–water partition coefficient (Wildman–Crippen LogP) is 1.02. The van der Waals surface area contributed by atoms with E-state index < -0.39 is 9.84 Å². The summed E-state index contributed by atoms with van der Waals surface area (Å²) in [6.07, 6.45) is 0. The summed E-state index contributed by atoms with van der Waals surface area (Å²) in [6.45, 7) is 2.47. The van der Waals surface area contributed by atoms with Gasteiger partial charge in [0.05, 0.1) is 16.7 Å². The molecule has 0 saturated carbocycles. The highest BCUT2D eigenvalue weighted by Gasteiger charge is 2.24. The average molecular weight is 358 g/mol. The van der Waals surface area contributed by atoms with Gasteiger partial charge in [0, 0.05) is 30.7 Å². The Bertz CT molecular complexity index is 595. The molecule has 2 rings (SSSR count). The van der Waals surface area contributed by atoms with Gasteiger partial charge in [-0.05, 0) is 24.3 Å². The van der Waals surface area contributed by atoms with Crippen molar-refractivity contribution in [2.24, 2.45) is 0 Å². The van der Waals surface area contributed by atoms with Crippen molar-refractivity contribution in [3.63, 3.8) is 0 Å². The number of benzene rings is 1. The Kier molecular flexibility index (Phi) is 5.16. The van der Waals surface area contributed by atoms with Gasteiger partial charge in [0.1, 0.15) is 6.04 Å². The molecule has 1 aromatic rings. The summed E-state index contributed by atoms with van der Waals surface area (Å²) in [7, 11) is -3.30. The van der Waals surface area contributed by atoms with Crippen molar-refractivity contribution in [2.45, 2.75) is 10.9 Å². The lowest BCUT2D eigenvalue weighted by Gasteiger charge is -2.31. The first-order chi connectivity index (χ1) is 9.53. The maximum Gasteiger partial charge on any atom is 0.179 e. The van der Waals surface area contributed by atoms with Crippen LogP contribution < -0.4 is 5.32 Å². The van der Waals surface area contributed by atoms with Crippen molar-refractivity contribution in [2.75, 3.05) is 31.9 Å².